The first kappa shape index (κ1) is 37.2. The summed E-state index contributed by atoms with van der Waals surface area (Å²) in [5.74, 6) is -3.73. The van der Waals surface area contributed by atoms with Gasteiger partial charge in [-0.25, -0.2) is 4.98 Å². The topological polar surface area (TPSA) is 130 Å². The molecule has 1 saturated heterocycles. The lowest BCUT2D eigenvalue weighted by molar-refractivity contribution is -0.612. The van der Waals surface area contributed by atoms with Gasteiger partial charge >= 0.3 is 5.97 Å². The number of Topliss-reactive ketones (excluding diaryl/α,β-unsaturated/α-hetero) is 2. The van der Waals surface area contributed by atoms with Crippen LogP contribution < -0.4 is 0 Å². The summed E-state index contributed by atoms with van der Waals surface area (Å²) in [7, 11) is 3.04. The number of nitrogens with zero attached hydrogens (tertiary/aromatic N) is 4. The molecular weight excluding hydrogens is 588 g/mol. The van der Waals surface area contributed by atoms with Crippen molar-refractivity contribution < 1.29 is 33.4 Å². The van der Waals surface area contributed by atoms with Crippen molar-refractivity contribution >= 4 is 17.5 Å². The lowest BCUT2D eigenvalue weighted by atomic mass is 9.74. The van der Waals surface area contributed by atoms with E-state index in [0.717, 1.165) is 16.0 Å². The quantitative estimate of drug-likeness (QED) is 0.143. The molecule has 2 aromatic rings. The number of esters is 1. The number of hydrogen-bond acceptors (Lipinski definition) is 9. The summed E-state index contributed by atoms with van der Waals surface area (Å²) in [6.07, 6.45) is 8.62. The highest BCUT2D eigenvalue weighted by Gasteiger charge is 2.57. The van der Waals surface area contributed by atoms with Gasteiger partial charge in [-0.05, 0) is 65.5 Å². The Labute approximate surface area is 273 Å². The minimum Gasteiger partial charge on any atom is -0.458 e. The summed E-state index contributed by atoms with van der Waals surface area (Å²) in [5, 5.41) is 0. The molecule has 0 amide bonds. The van der Waals surface area contributed by atoms with E-state index in [9.17, 15) is 19.3 Å². The highest BCUT2D eigenvalue weighted by atomic mass is 16.6. The van der Waals surface area contributed by atoms with Gasteiger partial charge in [-0.1, -0.05) is 20.8 Å². The molecule has 0 bridgehead atoms. The van der Waals surface area contributed by atoms with E-state index in [0.29, 0.717) is 38.6 Å². The Morgan fingerprint density at radius 3 is 2.28 bits per heavy atom. The van der Waals surface area contributed by atoms with E-state index in [1.807, 2.05) is 43.7 Å². The van der Waals surface area contributed by atoms with Crippen molar-refractivity contribution in [2.24, 2.45) is 23.7 Å². The van der Waals surface area contributed by atoms with Crippen LogP contribution in [0.5, 0.6) is 0 Å². The van der Waals surface area contributed by atoms with Crippen molar-refractivity contribution in [2.45, 2.75) is 110 Å². The molecule has 3 heterocycles. The number of carbonyl (C=O) groups excluding carboxylic acids is 3. The van der Waals surface area contributed by atoms with Crippen molar-refractivity contribution in [3.63, 3.8) is 0 Å². The number of unbranched alkanes of at least 4 members (excludes halogenated alkanes) is 1. The maximum absolute atomic E-state index is 14.1. The Morgan fingerprint density at radius 1 is 1.02 bits per heavy atom. The number of aryl methyl sites for hydroxylation is 1. The Hall–Kier alpha value is -3.31. The average molecular weight is 642 g/mol. The first-order valence-corrected chi connectivity index (χ1v) is 16.4. The van der Waals surface area contributed by atoms with Crippen LogP contribution in [0.2, 0.25) is 0 Å². The Morgan fingerprint density at radius 2 is 1.70 bits per heavy atom. The number of pyridine rings is 1. The van der Waals surface area contributed by atoms with Gasteiger partial charge in [0.15, 0.2) is 12.1 Å². The Balaban J connectivity index is 1.87. The summed E-state index contributed by atoms with van der Waals surface area (Å²) < 4.78 is 20.8. The molecule has 11 nitrogen and oxygen atoms in total. The fourth-order valence-electron chi connectivity index (χ4n) is 7.06. The molecule has 2 aromatic heterocycles. The predicted octanol–water partition coefficient (Wildman–Crippen LogP) is 5.48. The van der Waals surface area contributed by atoms with Gasteiger partial charge in [-0.15, -0.1) is 0 Å². The van der Waals surface area contributed by atoms with Gasteiger partial charge in [0.1, 0.15) is 23.6 Å². The molecule has 0 aromatic carbocycles. The normalized spacial score (nSPS) is 31.7. The average Bonchev–Trinajstić information content (AvgIpc) is 3.53. The monoisotopic (exact) mass is 641 g/mol. The minimum atomic E-state index is -1.34. The molecule has 11 heteroatoms. The lowest BCUT2D eigenvalue weighted by Gasteiger charge is -2.40. The van der Waals surface area contributed by atoms with Crippen LogP contribution in [0.15, 0.2) is 37.1 Å². The smallest absolute Gasteiger partial charge is 0.316 e. The molecule has 0 N–H and O–H groups in total. The number of methoxy groups -OCH3 is 2. The summed E-state index contributed by atoms with van der Waals surface area (Å²) in [5.41, 5.74) is -0.374. The largest absolute Gasteiger partial charge is 0.458 e. The van der Waals surface area contributed by atoms with Gasteiger partial charge < -0.3 is 18.8 Å². The number of ketones is 2. The highest BCUT2D eigenvalue weighted by molar-refractivity contribution is 5.99. The number of aromatic nitrogens is 3. The summed E-state index contributed by atoms with van der Waals surface area (Å²) in [6, 6.07) is 2.86. The number of nitroso groups, excluding NO2 is 1. The van der Waals surface area contributed by atoms with Gasteiger partial charge in [0.05, 0.1) is 23.5 Å². The van der Waals surface area contributed by atoms with Gasteiger partial charge in [0.2, 0.25) is 6.04 Å². The minimum absolute atomic E-state index is 0.107. The van der Waals surface area contributed by atoms with Gasteiger partial charge in [0.25, 0.3) is 0 Å². The van der Waals surface area contributed by atoms with E-state index in [4.69, 9.17) is 14.2 Å². The first-order valence-electron chi connectivity index (χ1n) is 16.4. The number of carbonyl (C=O) groups is 3. The van der Waals surface area contributed by atoms with Crippen LogP contribution in [-0.2, 0) is 35.1 Å². The summed E-state index contributed by atoms with van der Waals surface area (Å²) in [6.45, 7) is 13.2. The fourth-order valence-corrected chi connectivity index (χ4v) is 7.06. The standard InChI is InChI=1S/C35H53N4O7/c1-10-29-35(7,45-9)32(39(43)17-12-11-16-38-21-28(37-22-38)27-14-13-15-36-20-27)25(4)30(40)23(2)18-34(6,44-8)19-24(3)31(41)26(5)33(42)46-29/h13-15,20-26,29,32H,10-12,16-19H2,1-9H3/q+1/t23-,24-,25+,26-,29-,32-,34-,35-/m1/s1. The molecule has 46 heavy (non-hydrogen) atoms. The van der Waals surface area contributed by atoms with Gasteiger partial charge in [-0.3, -0.25) is 19.4 Å². The third kappa shape index (κ3) is 8.53. The summed E-state index contributed by atoms with van der Waals surface area (Å²) in [4.78, 5) is 63.5. The predicted molar refractivity (Wildman–Crippen MR) is 174 cm³/mol. The molecule has 0 spiro atoms. The van der Waals surface area contributed by atoms with Crippen LogP contribution in [-0.4, -0.2) is 80.9 Å². The zero-order valence-corrected chi connectivity index (χ0v) is 29.0. The van der Waals surface area contributed by atoms with E-state index in [1.54, 1.807) is 53.5 Å². The zero-order chi connectivity index (χ0) is 34.2. The molecule has 0 saturated carbocycles. The van der Waals surface area contributed by atoms with Crippen LogP contribution in [0, 0.1) is 28.6 Å². The van der Waals surface area contributed by atoms with Crippen molar-refractivity contribution in [3.05, 3.63) is 42.0 Å². The lowest BCUT2D eigenvalue weighted by Crippen LogP contribution is -2.61. The van der Waals surface area contributed by atoms with Crippen molar-refractivity contribution in [3.8, 4) is 11.3 Å². The molecule has 1 aliphatic heterocycles. The van der Waals surface area contributed by atoms with Crippen LogP contribution in [0.25, 0.3) is 11.3 Å². The Bertz CT molecular complexity index is 1350. The van der Waals surface area contributed by atoms with E-state index in [-0.39, 0.29) is 18.1 Å². The van der Waals surface area contributed by atoms with Crippen LogP contribution in [0.3, 0.4) is 0 Å². The van der Waals surface area contributed by atoms with E-state index >= 15 is 0 Å². The van der Waals surface area contributed by atoms with Crippen LogP contribution in [0.4, 0.5) is 0 Å². The molecule has 3 rings (SSSR count). The molecule has 8 atom stereocenters. The maximum atomic E-state index is 14.1. The molecule has 0 unspecified atom stereocenters. The van der Waals surface area contributed by atoms with Gasteiger partial charge in [-0.2, -0.15) is 0 Å². The van der Waals surface area contributed by atoms with E-state index < -0.39 is 53.0 Å². The van der Waals surface area contributed by atoms with E-state index in [2.05, 4.69) is 9.97 Å². The second-order valence-corrected chi connectivity index (χ2v) is 13.4. The summed E-state index contributed by atoms with van der Waals surface area (Å²) >= 11 is 0. The number of ether oxygens (including phenoxy) is 3. The molecule has 0 radical (unpaired) electrons. The molecular formula is C35H53N4O7+. The second-order valence-electron chi connectivity index (χ2n) is 13.4. The molecule has 254 valence electrons. The van der Waals surface area contributed by atoms with Crippen LogP contribution in [0.1, 0.15) is 80.6 Å². The van der Waals surface area contributed by atoms with Crippen LogP contribution >= 0.6 is 0 Å². The molecule has 0 aliphatic carbocycles. The Kier molecular flexibility index (Phi) is 12.9. The number of imidazole rings is 1. The van der Waals surface area contributed by atoms with Crippen molar-refractivity contribution in [2.75, 3.05) is 20.8 Å². The second kappa shape index (κ2) is 16.0. The number of cyclic esters (lactones) is 1. The van der Waals surface area contributed by atoms with Gasteiger partial charge in [0, 0.05) is 72.8 Å². The third-order valence-electron chi connectivity index (χ3n) is 9.88. The molecule has 1 aliphatic rings. The number of rotatable bonds is 10. The SMILES string of the molecule is CC[C@H]1OC(=O)[C@H](C)C(=O)[C@H](C)C[C@](C)(OC)C[C@@H](C)C(=O)[C@H](C)[C@@H]([N+](=O)CCCCn2cnc(-c3cccnc3)c2)[C@]1(C)OC. The highest BCUT2D eigenvalue weighted by Crippen LogP contribution is 2.37. The zero-order valence-electron chi connectivity index (χ0n) is 29.0. The first-order chi connectivity index (χ1) is 21.7. The molecule has 1 fully saturated rings. The number of hydrogen-bond donors (Lipinski definition) is 0. The van der Waals surface area contributed by atoms with E-state index in [1.165, 1.54) is 7.11 Å². The third-order valence-corrected chi connectivity index (χ3v) is 9.88. The van der Waals surface area contributed by atoms with Crippen molar-refractivity contribution in [1.82, 2.24) is 14.5 Å². The van der Waals surface area contributed by atoms with Crippen molar-refractivity contribution in [1.29, 1.82) is 0 Å². The fraction of sp³-hybridized carbons (Fsp3) is 0.686. The maximum Gasteiger partial charge on any atom is 0.316 e.